The van der Waals surface area contributed by atoms with Gasteiger partial charge in [-0.3, -0.25) is 0 Å². The molecular weight excluding hydrogens is 508 g/mol. The molecule has 0 saturated heterocycles. The molecule has 3 N–H and O–H groups in total. The SMILES string of the molecule is CCC(C)(CC(C)C1CCC2C3C(O)C(C)C4CC(O)CCC4(C)C3CC(O)C12C)CC(C)(C)CS(C)(=O)=O. The van der Waals surface area contributed by atoms with E-state index in [2.05, 4.69) is 55.4 Å². The van der Waals surface area contributed by atoms with E-state index in [1.54, 1.807) is 0 Å². The molecule has 0 aromatic rings. The van der Waals surface area contributed by atoms with Crippen LogP contribution in [0.2, 0.25) is 0 Å². The molecule has 0 spiro atoms. The Kier molecular flexibility index (Phi) is 8.57. The van der Waals surface area contributed by atoms with Gasteiger partial charge in [0.2, 0.25) is 0 Å². The van der Waals surface area contributed by atoms with Crippen LogP contribution in [0.3, 0.4) is 0 Å². The van der Waals surface area contributed by atoms with Crippen LogP contribution in [-0.2, 0) is 9.84 Å². The number of hydrogen-bond acceptors (Lipinski definition) is 5. The van der Waals surface area contributed by atoms with E-state index in [-0.39, 0.29) is 57.6 Å². The zero-order valence-corrected chi connectivity index (χ0v) is 27.2. The number of rotatable bonds is 8. The molecule has 39 heavy (non-hydrogen) atoms. The zero-order valence-electron chi connectivity index (χ0n) is 26.4. The Morgan fingerprint density at radius 2 is 1.62 bits per heavy atom. The molecule has 0 amide bonds. The Balaban J connectivity index is 1.57. The van der Waals surface area contributed by atoms with E-state index in [0.29, 0.717) is 29.6 Å². The maximum absolute atomic E-state index is 12.1. The van der Waals surface area contributed by atoms with Gasteiger partial charge in [0.05, 0.1) is 24.1 Å². The second-order valence-corrected chi connectivity index (χ2v) is 18.9. The second-order valence-electron chi connectivity index (χ2n) is 16.7. The van der Waals surface area contributed by atoms with Crippen LogP contribution in [0.5, 0.6) is 0 Å². The summed E-state index contributed by atoms with van der Waals surface area (Å²) in [7, 11) is -3.05. The molecule has 0 heterocycles. The van der Waals surface area contributed by atoms with E-state index in [4.69, 9.17) is 0 Å². The van der Waals surface area contributed by atoms with Crippen molar-refractivity contribution < 1.29 is 23.7 Å². The zero-order chi connectivity index (χ0) is 29.3. The molecule has 4 fully saturated rings. The molecule has 13 atom stereocenters. The van der Waals surface area contributed by atoms with Crippen molar-refractivity contribution in [1.82, 2.24) is 0 Å². The van der Waals surface area contributed by atoms with Crippen molar-refractivity contribution in [1.29, 1.82) is 0 Å². The normalized spacial score (nSPS) is 47.0. The Hall–Kier alpha value is -0.170. The largest absolute Gasteiger partial charge is 0.393 e. The second kappa shape index (κ2) is 10.5. The summed E-state index contributed by atoms with van der Waals surface area (Å²) in [5.74, 6) is 2.33. The molecule has 0 radical (unpaired) electrons. The predicted molar refractivity (Wildman–Crippen MR) is 159 cm³/mol. The first-order chi connectivity index (χ1) is 17.8. The fraction of sp³-hybridized carbons (Fsp3) is 1.00. The summed E-state index contributed by atoms with van der Waals surface area (Å²) in [6.07, 6.45) is 8.77. The van der Waals surface area contributed by atoms with Crippen LogP contribution in [-0.4, -0.2) is 54.1 Å². The summed E-state index contributed by atoms with van der Waals surface area (Å²) < 4.78 is 24.2. The van der Waals surface area contributed by atoms with Crippen LogP contribution in [0.4, 0.5) is 0 Å². The maximum Gasteiger partial charge on any atom is 0.147 e. The van der Waals surface area contributed by atoms with Gasteiger partial charge in [0.15, 0.2) is 0 Å². The summed E-state index contributed by atoms with van der Waals surface area (Å²) in [6.45, 7) is 18.1. The summed E-state index contributed by atoms with van der Waals surface area (Å²) in [4.78, 5) is 0. The molecule has 6 heteroatoms. The molecule has 4 rings (SSSR count). The van der Waals surface area contributed by atoms with Crippen molar-refractivity contribution in [3.05, 3.63) is 0 Å². The van der Waals surface area contributed by atoms with Crippen LogP contribution in [0.1, 0.15) is 113 Å². The third-order valence-electron chi connectivity index (χ3n) is 13.2. The van der Waals surface area contributed by atoms with Crippen LogP contribution >= 0.6 is 0 Å². The molecule has 0 aromatic heterocycles. The lowest BCUT2D eigenvalue weighted by Gasteiger charge is -2.65. The lowest BCUT2D eigenvalue weighted by Crippen LogP contribution is -2.64. The van der Waals surface area contributed by atoms with Gasteiger partial charge >= 0.3 is 0 Å². The standard InChI is InChI=1S/C33H60O5S/c1-10-31(6,18-30(4,5)19-39(9,37)38)17-20(2)23-11-12-24-28-26(16-27(35)33(23,24)8)32(7)14-13-22(34)15-25(32)21(3)29(28)36/h20-29,34-36H,10-19H2,1-9H3. The number of hydrogen-bond donors (Lipinski definition) is 3. The fourth-order valence-corrected chi connectivity index (χ4v) is 13.3. The van der Waals surface area contributed by atoms with Crippen molar-refractivity contribution in [2.75, 3.05) is 12.0 Å². The monoisotopic (exact) mass is 568 g/mol. The summed E-state index contributed by atoms with van der Waals surface area (Å²) in [6, 6.07) is 0. The van der Waals surface area contributed by atoms with Gasteiger partial charge < -0.3 is 15.3 Å². The summed E-state index contributed by atoms with van der Waals surface area (Å²) in [5.41, 5.74) is -0.386. The minimum absolute atomic E-state index is 0.0344. The average molecular weight is 569 g/mol. The van der Waals surface area contributed by atoms with Crippen molar-refractivity contribution in [2.24, 2.45) is 63.1 Å². The molecule has 4 aliphatic carbocycles. The van der Waals surface area contributed by atoms with Crippen molar-refractivity contribution in [2.45, 2.75) is 131 Å². The highest BCUT2D eigenvalue weighted by atomic mass is 32.2. The first-order valence-corrected chi connectivity index (χ1v) is 18.1. The average Bonchev–Trinajstić information content (AvgIpc) is 3.15. The molecule has 228 valence electrons. The summed E-state index contributed by atoms with van der Waals surface area (Å²) >= 11 is 0. The number of aliphatic hydroxyl groups excluding tert-OH is 3. The van der Waals surface area contributed by atoms with Crippen molar-refractivity contribution >= 4 is 9.84 Å². The molecule has 5 nitrogen and oxygen atoms in total. The van der Waals surface area contributed by atoms with Crippen LogP contribution in [0.25, 0.3) is 0 Å². The van der Waals surface area contributed by atoms with Crippen LogP contribution < -0.4 is 0 Å². The van der Waals surface area contributed by atoms with Gasteiger partial charge in [-0.2, -0.15) is 0 Å². The summed E-state index contributed by atoms with van der Waals surface area (Å²) in [5, 5.41) is 34.3. The lowest BCUT2D eigenvalue weighted by atomic mass is 9.41. The highest BCUT2D eigenvalue weighted by molar-refractivity contribution is 7.90. The Morgan fingerprint density at radius 1 is 0.974 bits per heavy atom. The molecule has 4 saturated carbocycles. The van der Waals surface area contributed by atoms with Gasteiger partial charge in [-0.05, 0) is 114 Å². The minimum atomic E-state index is -3.05. The fourth-order valence-electron chi connectivity index (χ4n) is 11.8. The van der Waals surface area contributed by atoms with Crippen LogP contribution in [0.15, 0.2) is 0 Å². The Labute approximate surface area is 239 Å². The third kappa shape index (κ3) is 5.64. The third-order valence-corrected chi connectivity index (χ3v) is 14.5. The molecule has 4 aliphatic rings. The maximum atomic E-state index is 12.1. The van der Waals surface area contributed by atoms with E-state index in [1.165, 1.54) is 6.26 Å². The number of aliphatic hydroxyl groups is 3. The van der Waals surface area contributed by atoms with Gasteiger partial charge in [-0.15, -0.1) is 0 Å². The molecule has 0 aromatic carbocycles. The molecular formula is C33H60O5S. The minimum Gasteiger partial charge on any atom is -0.393 e. The smallest absolute Gasteiger partial charge is 0.147 e. The Bertz CT molecular complexity index is 994. The van der Waals surface area contributed by atoms with E-state index in [0.717, 1.165) is 57.8 Å². The number of sulfone groups is 1. The topological polar surface area (TPSA) is 94.8 Å². The Morgan fingerprint density at radius 3 is 2.21 bits per heavy atom. The van der Waals surface area contributed by atoms with Gasteiger partial charge in [0.25, 0.3) is 0 Å². The quantitative estimate of drug-likeness (QED) is 0.329. The van der Waals surface area contributed by atoms with E-state index in [9.17, 15) is 23.7 Å². The molecule has 0 bridgehead atoms. The predicted octanol–water partition coefficient (Wildman–Crippen LogP) is 6.10. The first kappa shape index (κ1) is 31.8. The molecule has 0 aliphatic heterocycles. The molecule has 13 unspecified atom stereocenters. The van der Waals surface area contributed by atoms with Crippen molar-refractivity contribution in [3.63, 3.8) is 0 Å². The van der Waals surface area contributed by atoms with E-state index >= 15 is 0 Å². The van der Waals surface area contributed by atoms with Gasteiger partial charge in [0, 0.05) is 6.26 Å². The van der Waals surface area contributed by atoms with Crippen molar-refractivity contribution in [3.8, 4) is 0 Å². The first-order valence-electron chi connectivity index (χ1n) is 16.0. The highest BCUT2D eigenvalue weighted by Gasteiger charge is 2.67. The van der Waals surface area contributed by atoms with Crippen LogP contribution in [0, 0.1) is 63.1 Å². The van der Waals surface area contributed by atoms with Gasteiger partial charge in [0.1, 0.15) is 9.84 Å². The van der Waals surface area contributed by atoms with Gasteiger partial charge in [-0.25, -0.2) is 8.42 Å². The highest BCUT2D eigenvalue weighted by Crippen LogP contribution is 2.69. The van der Waals surface area contributed by atoms with Gasteiger partial charge in [-0.1, -0.05) is 61.8 Å². The lowest BCUT2D eigenvalue weighted by molar-refractivity contribution is -0.225. The van der Waals surface area contributed by atoms with E-state index < -0.39 is 9.84 Å². The number of fused-ring (bicyclic) bond motifs is 5. The van der Waals surface area contributed by atoms with E-state index in [1.807, 2.05) is 0 Å².